The molecule has 3 rings (SSSR count). The third-order valence-electron chi connectivity index (χ3n) is 5.90. The molecule has 0 bridgehead atoms. The number of nitrogens with zero attached hydrogens (tertiary/aromatic N) is 2. The van der Waals surface area contributed by atoms with E-state index in [0.717, 1.165) is 45.0 Å². The van der Waals surface area contributed by atoms with Gasteiger partial charge < -0.3 is 20.3 Å². The van der Waals surface area contributed by atoms with Crippen LogP contribution in [0.25, 0.3) is 0 Å². The van der Waals surface area contributed by atoms with Gasteiger partial charge in [-0.2, -0.15) is 0 Å². The topological polar surface area (TPSA) is 48.9 Å². The number of anilines is 1. The van der Waals surface area contributed by atoms with Gasteiger partial charge in [-0.1, -0.05) is 19.3 Å². The van der Waals surface area contributed by atoms with Gasteiger partial charge in [0.05, 0.1) is 11.1 Å². The van der Waals surface area contributed by atoms with E-state index in [1.807, 2.05) is 18.4 Å². The Morgan fingerprint density at radius 1 is 1.14 bits per heavy atom. The number of rotatable bonds is 9. The smallest absolute Gasteiger partial charge is 0.191 e. The van der Waals surface area contributed by atoms with E-state index in [4.69, 9.17) is 4.74 Å². The summed E-state index contributed by atoms with van der Waals surface area (Å²) >= 11 is 1.84. The molecule has 1 aromatic rings. The highest BCUT2D eigenvalue weighted by Crippen LogP contribution is 2.24. The summed E-state index contributed by atoms with van der Waals surface area (Å²) in [5.74, 6) is 0.952. The Balaban J connectivity index is 0.00000300. The SMILES string of the molecule is CN=C(NCCCCCOC1CCCCC1)NC1CCN(c2cccs2)CC1.I. The molecular weight excluding hydrogens is 495 g/mol. The summed E-state index contributed by atoms with van der Waals surface area (Å²) in [6.07, 6.45) is 13.1. The molecule has 1 saturated carbocycles. The number of guanidine groups is 1. The Morgan fingerprint density at radius 3 is 2.62 bits per heavy atom. The number of thiophene rings is 1. The lowest BCUT2D eigenvalue weighted by Gasteiger charge is -2.33. The maximum atomic E-state index is 6.01. The first-order valence-electron chi connectivity index (χ1n) is 11.2. The van der Waals surface area contributed by atoms with Crippen molar-refractivity contribution in [1.82, 2.24) is 10.6 Å². The zero-order valence-corrected chi connectivity index (χ0v) is 21.1. The minimum Gasteiger partial charge on any atom is -0.378 e. The van der Waals surface area contributed by atoms with Crippen molar-refractivity contribution in [3.8, 4) is 0 Å². The van der Waals surface area contributed by atoms with Crippen molar-refractivity contribution < 1.29 is 4.74 Å². The maximum Gasteiger partial charge on any atom is 0.191 e. The second kappa shape index (κ2) is 14.5. The van der Waals surface area contributed by atoms with Crippen molar-refractivity contribution in [2.45, 2.75) is 76.4 Å². The Kier molecular flexibility index (Phi) is 12.3. The molecule has 5 nitrogen and oxygen atoms in total. The van der Waals surface area contributed by atoms with Crippen LogP contribution in [0.5, 0.6) is 0 Å². The number of nitrogens with one attached hydrogen (secondary N) is 2. The normalized spacial score (nSPS) is 19.1. The number of ether oxygens (including phenoxy) is 1. The lowest BCUT2D eigenvalue weighted by atomic mass is 9.98. The molecule has 29 heavy (non-hydrogen) atoms. The Morgan fingerprint density at radius 2 is 1.93 bits per heavy atom. The quantitative estimate of drug-likeness (QED) is 0.202. The van der Waals surface area contributed by atoms with Crippen LogP contribution in [0.15, 0.2) is 22.5 Å². The third kappa shape index (κ3) is 9.00. The molecule has 0 radical (unpaired) electrons. The first-order chi connectivity index (χ1) is 13.8. The van der Waals surface area contributed by atoms with Gasteiger partial charge in [-0.3, -0.25) is 4.99 Å². The van der Waals surface area contributed by atoms with Gasteiger partial charge in [-0.25, -0.2) is 0 Å². The van der Waals surface area contributed by atoms with Crippen LogP contribution in [0, 0.1) is 0 Å². The zero-order valence-electron chi connectivity index (χ0n) is 17.9. The number of aliphatic imine (C=N–C) groups is 1. The molecular formula is C22H39IN4OS. The van der Waals surface area contributed by atoms with E-state index < -0.39 is 0 Å². The molecule has 0 aromatic carbocycles. The molecule has 0 spiro atoms. The predicted molar refractivity (Wildman–Crippen MR) is 136 cm³/mol. The largest absolute Gasteiger partial charge is 0.378 e. The average Bonchev–Trinajstić information content (AvgIpc) is 3.28. The van der Waals surface area contributed by atoms with Crippen LogP contribution >= 0.6 is 35.3 Å². The summed E-state index contributed by atoms with van der Waals surface area (Å²) in [6.45, 7) is 4.16. The average molecular weight is 535 g/mol. The number of hydrogen-bond donors (Lipinski definition) is 2. The molecule has 2 aliphatic rings. The molecule has 2 N–H and O–H groups in total. The van der Waals surface area contributed by atoms with Crippen molar-refractivity contribution in [2.24, 2.45) is 4.99 Å². The van der Waals surface area contributed by atoms with Crippen LogP contribution in [0.3, 0.4) is 0 Å². The maximum absolute atomic E-state index is 6.01. The highest BCUT2D eigenvalue weighted by molar-refractivity contribution is 14.0. The van der Waals surface area contributed by atoms with Crippen molar-refractivity contribution in [3.05, 3.63) is 17.5 Å². The van der Waals surface area contributed by atoms with Crippen LogP contribution in [0.2, 0.25) is 0 Å². The van der Waals surface area contributed by atoms with E-state index >= 15 is 0 Å². The van der Waals surface area contributed by atoms with Gasteiger partial charge in [0, 0.05) is 39.3 Å². The second-order valence-electron chi connectivity index (χ2n) is 8.05. The molecule has 1 aliphatic carbocycles. The molecule has 2 heterocycles. The van der Waals surface area contributed by atoms with Gasteiger partial charge in [-0.15, -0.1) is 35.3 Å². The molecule has 2 fully saturated rings. The fourth-order valence-corrected chi connectivity index (χ4v) is 4.96. The van der Waals surface area contributed by atoms with E-state index in [-0.39, 0.29) is 24.0 Å². The summed E-state index contributed by atoms with van der Waals surface area (Å²) in [4.78, 5) is 6.90. The first-order valence-corrected chi connectivity index (χ1v) is 12.1. The molecule has 0 atom stereocenters. The van der Waals surface area contributed by atoms with Crippen LogP contribution in [0.4, 0.5) is 5.00 Å². The Labute approximate surface area is 198 Å². The van der Waals surface area contributed by atoms with Crippen molar-refractivity contribution in [2.75, 3.05) is 38.2 Å². The zero-order chi connectivity index (χ0) is 19.4. The van der Waals surface area contributed by atoms with E-state index in [2.05, 4.69) is 38.0 Å². The molecule has 0 unspecified atom stereocenters. The van der Waals surface area contributed by atoms with Gasteiger partial charge in [0.15, 0.2) is 5.96 Å². The highest BCUT2D eigenvalue weighted by Gasteiger charge is 2.20. The molecule has 0 amide bonds. The molecule has 1 aromatic heterocycles. The van der Waals surface area contributed by atoms with E-state index in [1.165, 1.54) is 56.4 Å². The molecule has 7 heteroatoms. The van der Waals surface area contributed by atoms with Gasteiger partial charge in [0.1, 0.15) is 0 Å². The molecule has 166 valence electrons. The van der Waals surface area contributed by atoms with E-state index in [9.17, 15) is 0 Å². The van der Waals surface area contributed by atoms with Crippen LogP contribution in [-0.4, -0.2) is 51.4 Å². The predicted octanol–water partition coefficient (Wildman–Crippen LogP) is 5.02. The minimum absolute atomic E-state index is 0. The van der Waals surface area contributed by atoms with Gasteiger partial charge in [0.2, 0.25) is 0 Å². The van der Waals surface area contributed by atoms with Gasteiger partial charge in [0.25, 0.3) is 0 Å². The van der Waals surface area contributed by atoms with E-state index in [0.29, 0.717) is 12.1 Å². The fraction of sp³-hybridized carbons (Fsp3) is 0.773. The van der Waals surface area contributed by atoms with Crippen LogP contribution < -0.4 is 15.5 Å². The van der Waals surface area contributed by atoms with Crippen molar-refractivity contribution in [3.63, 3.8) is 0 Å². The Hall–Kier alpha value is -0.540. The number of piperidine rings is 1. The monoisotopic (exact) mass is 534 g/mol. The molecule has 1 aliphatic heterocycles. The fourth-order valence-electron chi connectivity index (χ4n) is 4.17. The van der Waals surface area contributed by atoms with Crippen LogP contribution in [-0.2, 0) is 4.74 Å². The number of unbranched alkanes of at least 4 members (excludes halogenated alkanes) is 2. The first kappa shape index (κ1) is 24.7. The standard InChI is InChI=1S/C22H38N4OS.HI/c1-23-22(24-14-6-3-7-17-27-20-9-4-2-5-10-20)25-19-12-15-26(16-13-19)21-11-8-18-28-21;/h8,11,18-20H,2-7,9-10,12-17H2,1H3,(H2,23,24,25);1H. The lowest BCUT2D eigenvalue weighted by molar-refractivity contribution is 0.0264. The van der Waals surface area contributed by atoms with E-state index in [1.54, 1.807) is 0 Å². The van der Waals surface area contributed by atoms with Gasteiger partial charge in [-0.05, 0) is 62.5 Å². The van der Waals surface area contributed by atoms with Crippen molar-refractivity contribution in [1.29, 1.82) is 0 Å². The minimum atomic E-state index is 0. The number of halogens is 1. The summed E-state index contributed by atoms with van der Waals surface area (Å²) < 4.78 is 6.01. The summed E-state index contributed by atoms with van der Waals surface area (Å²) in [6, 6.07) is 4.88. The second-order valence-corrected chi connectivity index (χ2v) is 8.97. The van der Waals surface area contributed by atoms with Crippen LogP contribution in [0.1, 0.15) is 64.2 Å². The summed E-state index contributed by atoms with van der Waals surface area (Å²) in [5, 5.41) is 10.6. The number of hydrogen-bond acceptors (Lipinski definition) is 4. The molecule has 1 saturated heterocycles. The summed E-state index contributed by atoms with van der Waals surface area (Å²) in [7, 11) is 1.87. The van der Waals surface area contributed by atoms with Crippen molar-refractivity contribution >= 4 is 46.3 Å². The highest BCUT2D eigenvalue weighted by atomic mass is 127. The lowest BCUT2D eigenvalue weighted by Crippen LogP contribution is -2.48. The Bertz CT molecular complexity index is 555. The summed E-state index contributed by atoms with van der Waals surface area (Å²) in [5.41, 5.74) is 0. The van der Waals surface area contributed by atoms with Gasteiger partial charge >= 0.3 is 0 Å². The third-order valence-corrected chi connectivity index (χ3v) is 6.83.